The third-order valence-electron chi connectivity index (χ3n) is 6.27. The van der Waals surface area contributed by atoms with E-state index >= 15 is 0 Å². The Bertz CT molecular complexity index is 884. The molecule has 1 fully saturated rings. The van der Waals surface area contributed by atoms with Gasteiger partial charge >= 0.3 is 0 Å². The summed E-state index contributed by atoms with van der Waals surface area (Å²) in [6.45, 7) is 3.90. The molecule has 5 heteroatoms. The summed E-state index contributed by atoms with van der Waals surface area (Å²) in [6, 6.07) is 4.92. The molecule has 2 aromatic rings. The van der Waals surface area contributed by atoms with Crippen molar-refractivity contribution < 1.29 is 17.6 Å². The molecule has 0 heterocycles. The Morgan fingerprint density at radius 2 is 1.63 bits per heavy atom. The van der Waals surface area contributed by atoms with Crippen LogP contribution in [0, 0.1) is 35.1 Å². The SMILES string of the molecule is C=C[C@@H]1CC[C@H]2c3cc(F)cc(F)c3CC[C@@H]2[C@H]1c1cc(F)c(Cl)c(F)c1. The van der Waals surface area contributed by atoms with Crippen LogP contribution < -0.4 is 0 Å². The summed E-state index contributed by atoms with van der Waals surface area (Å²) in [6.07, 6.45) is 4.51. The van der Waals surface area contributed by atoms with E-state index in [2.05, 4.69) is 6.58 Å². The molecule has 0 nitrogen and oxygen atoms in total. The number of allylic oxidation sites excluding steroid dienone is 1. The first-order valence-corrected chi connectivity index (χ1v) is 9.53. The average Bonchev–Trinajstić information content (AvgIpc) is 2.64. The van der Waals surface area contributed by atoms with E-state index in [1.807, 2.05) is 6.08 Å². The first kappa shape index (κ1) is 18.5. The molecule has 0 aliphatic heterocycles. The van der Waals surface area contributed by atoms with Crippen LogP contribution in [0.25, 0.3) is 0 Å². The van der Waals surface area contributed by atoms with Gasteiger partial charge in [-0.05, 0) is 84.2 Å². The zero-order valence-electron chi connectivity index (χ0n) is 14.6. The molecule has 1 saturated carbocycles. The van der Waals surface area contributed by atoms with Gasteiger partial charge in [-0.1, -0.05) is 17.7 Å². The molecule has 0 radical (unpaired) electrons. The molecular weight excluding hydrogens is 376 g/mol. The van der Waals surface area contributed by atoms with Crippen molar-refractivity contribution in [1.82, 2.24) is 0 Å². The van der Waals surface area contributed by atoms with Crippen molar-refractivity contribution in [3.05, 3.63) is 81.9 Å². The standard InChI is InChI=1S/C22H19ClF4/c1-2-11-3-4-14-16(6-5-15-17(14)9-13(24)10-18(15)25)21(11)12-7-19(26)22(23)20(27)8-12/h2,7-11,14,16,21H,1,3-6H2/t11-,14-,16+,21-/m1/s1. The lowest BCUT2D eigenvalue weighted by Gasteiger charge is -2.46. The zero-order chi connectivity index (χ0) is 19.3. The lowest BCUT2D eigenvalue weighted by atomic mass is 9.58. The minimum atomic E-state index is -0.787. The number of rotatable bonds is 2. The predicted octanol–water partition coefficient (Wildman–Crippen LogP) is 6.92. The highest BCUT2D eigenvalue weighted by molar-refractivity contribution is 6.30. The van der Waals surface area contributed by atoms with Crippen molar-refractivity contribution in [2.75, 3.05) is 0 Å². The van der Waals surface area contributed by atoms with Gasteiger partial charge in [0.25, 0.3) is 0 Å². The molecule has 142 valence electrons. The molecule has 0 spiro atoms. The van der Waals surface area contributed by atoms with Crippen molar-refractivity contribution >= 4 is 11.6 Å². The highest BCUT2D eigenvalue weighted by Crippen LogP contribution is 2.54. The van der Waals surface area contributed by atoms with Gasteiger partial charge in [0.05, 0.1) is 0 Å². The second kappa shape index (κ2) is 6.97. The van der Waals surface area contributed by atoms with Gasteiger partial charge in [-0.15, -0.1) is 6.58 Å². The van der Waals surface area contributed by atoms with Crippen LogP contribution in [0.15, 0.2) is 36.9 Å². The highest BCUT2D eigenvalue weighted by Gasteiger charge is 2.43. The Labute approximate surface area is 160 Å². The molecule has 0 saturated heterocycles. The summed E-state index contributed by atoms with van der Waals surface area (Å²) in [7, 11) is 0. The largest absolute Gasteiger partial charge is 0.207 e. The van der Waals surface area contributed by atoms with Crippen molar-refractivity contribution in [3.8, 4) is 0 Å². The van der Waals surface area contributed by atoms with Gasteiger partial charge in [0.2, 0.25) is 0 Å². The number of hydrogen-bond donors (Lipinski definition) is 0. The second-order valence-corrected chi connectivity index (χ2v) is 7.94. The van der Waals surface area contributed by atoms with Crippen LogP contribution in [0.1, 0.15) is 47.8 Å². The molecule has 4 rings (SSSR count). The Balaban J connectivity index is 1.81. The second-order valence-electron chi connectivity index (χ2n) is 7.57. The normalized spacial score (nSPS) is 27.0. The molecule has 2 aliphatic carbocycles. The third-order valence-corrected chi connectivity index (χ3v) is 6.63. The van der Waals surface area contributed by atoms with Crippen LogP contribution in [0.5, 0.6) is 0 Å². The monoisotopic (exact) mass is 394 g/mol. The summed E-state index contributed by atoms with van der Waals surface area (Å²) in [5, 5.41) is -0.514. The molecule has 0 amide bonds. The van der Waals surface area contributed by atoms with E-state index in [1.165, 1.54) is 18.2 Å². The Hall–Kier alpha value is -1.81. The molecule has 0 bridgehead atoms. The molecule has 27 heavy (non-hydrogen) atoms. The van der Waals surface area contributed by atoms with Crippen molar-refractivity contribution in [1.29, 1.82) is 0 Å². The minimum absolute atomic E-state index is 0.0374. The molecular formula is C22H19ClF4. The lowest BCUT2D eigenvalue weighted by molar-refractivity contribution is 0.193. The van der Waals surface area contributed by atoms with Gasteiger partial charge in [0.15, 0.2) is 0 Å². The molecule has 2 aliphatic rings. The minimum Gasteiger partial charge on any atom is -0.207 e. The van der Waals surface area contributed by atoms with Gasteiger partial charge in [-0.2, -0.15) is 0 Å². The van der Waals surface area contributed by atoms with E-state index in [-0.39, 0.29) is 23.7 Å². The van der Waals surface area contributed by atoms with Gasteiger partial charge in [-0.25, -0.2) is 17.6 Å². The molecule has 4 atom stereocenters. The van der Waals surface area contributed by atoms with Gasteiger partial charge in [0.1, 0.15) is 28.3 Å². The van der Waals surface area contributed by atoms with E-state index < -0.39 is 28.3 Å². The van der Waals surface area contributed by atoms with E-state index in [9.17, 15) is 17.6 Å². The van der Waals surface area contributed by atoms with Crippen molar-refractivity contribution in [2.24, 2.45) is 11.8 Å². The van der Waals surface area contributed by atoms with Crippen molar-refractivity contribution in [2.45, 2.75) is 37.5 Å². The summed E-state index contributed by atoms with van der Waals surface area (Å²) in [5.74, 6) is -2.78. The smallest absolute Gasteiger partial charge is 0.145 e. The summed E-state index contributed by atoms with van der Waals surface area (Å²) in [4.78, 5) is 0. The number of hydrogen-bond acceptors (Lipinski definition) is 0. The number of benzene rings is 2. The van der Waals surface area contributed by atoms with Gasteiger partial charge in [-0.3, -0.25) is 0 Å². The van der Waals surface area contributed by atoms with Crippen LogP contribution in [-0.4, -0.2) is 0 Å². The zero-order valence-corrected chi connectivity index (χ0v) is 15.4. The molecule has 2 aromatic carbocycles. The summed E-state index contributed by atoms with van der Waals surface area (Å²) >= 11 is 5.64. The van der Waals surface area contributed by atoms with E-state index in [1.54, 1.807) is 0 Å². The maximum Gasteiger partial charge on any atom is 0.145 e. The van der Waals surface area contributed by atoms with Crippen LogP contribution in [0.3, 0.4) is 0 Å². The number of fused-ring (bicyclic) bond motifs is 3. The Kier molecular flexibility index (Phi) is 4.79. The van der Waals surface area contributed by atoms with Gasteiger partial charge < -0.3 is 0 Å². The van der Waals surface area contributed by atoms with E-state index in [0.29, 0.717) is 29.5 Å². The maximum absolute atomic E-state index is 14.2. The lowest BCUT2D eigenvalue weighted by Crippen LogP contribution is -2.35. The predicted molar refractivity (Wildman–Crippen MR) is 97.9 cm³/mol. The number of halogens is 5. The topological polar surface area (TPSA) is 0 Å². The Morgan fingerprint density at radius 3 is 2.30 bits per heavy atom. The summed E-state index contributed by atoms with van der Waals surface area (Å²) in [5.41, 5.74) is 1.81. The maximum atomic E-state index is 14.2. The van der Waals surface area contributed by atoms with Crippen molar-refractivity contribution in [3.63, 3.8) is 0 Å². The van der Waals surface area contributed by atoms with Crippen LogP contribution in [-0.2, 0) is 6.42 Å². The van der Waals surface area contributed by atoms with Crippen LogP contribution in [0.4, 0.5) is 17.6 Å². The van der Waals surface area contributed by atoms with E-state index in [4.69, 9.17) is 11.6 Å². The fourth-order valence-electron chi connectivity index (χ4n) is 5.16. The first-order chi connectivity index (χ1) is 12.9. The molecule has 0 aromatic heterocycles. The highest BCUT2D eigenvalue weighted by atomic mass is 35.5. The third kappa shape index (κ3) is 3.08. The first-order valence-electron chi connectivity index (χ1n) is 9.15. The fraction of sp³-hybridized carbons (Fsp3) is 0.364. The van der Waals surface area contributed by atoms with Crippen LogP contribution >= 0.6 is 11.6 Å². The summed E-state index contributed by atoms with van der Waals surface area (Å²) < 4.78 is 56.3. The quantitative estimate of drug-likeness (QED) is 0.294. The fourth-order valence-corrected chi connectivity index (χ4v) is 5.26. The van der Waals surface area contributed by atoms with Crippen LogP contribution in [0.2, 0.25) is 5.02 Å². The average molecular weight is 395 g/mol. The Morgan fingerprint density at radius 1 is 0.926 bits per heavy atom. The molecule has 0 N–H and O–H groups in total. The van der Waals surface area contributed by atoms with Gasteiger partial charge in [0, 0.05) is 6.07 Å². The molecule has 0 unspecified atom stereocenters. The van der Waals surface area contributed by atoms with E-state index in [0.717, 1.165) is 18.9 Å².